The van der Waals surface area contributed by atoms with Crippen LogP contribution in [-0.4, -0.2) is 39.2 Å². The van der Waals surface area contributed by atoms with Gasteiger partial charge in [-0.1, -0.05) is 0 Å². The van der Waals surface area contributed by atoms with Crippen LogP contribution in [0.1, 0.15) is 25.7 Å². The first kappa shape index (κ1) is 12.3. The predicted octanol–water partition coefficient (Wildman–Crippen LogP) is 0.565. The zero-order valence-electron chi connectivity index (χ0n) is 9.60. The van der Waals surface area contributed by atoms with Crippen LogP contribution in [0.3, 0.4) is 0 Å². The second-order valence-corrected chi connectivity index (χ2v) is 7.35. The third-order valence-electron chi connectivity index (χ3n) is 3.82. The van der Waals surface area contributed by atoms with Gasteiger partial charge in [-0.05, 0) is 37.5 Å². The minimum Gasteiger partial charge on any atom is -0.381 e. The molecule has 0 amide bonds. The molecule has 2 rings (SSSR count). The lowest BCUT2D eigenvalue weighted by Gasteiger charge is -2.27. The summed E-state index contributed by atoms with van der Waals surface area (Å²) in [5.41, 5.74) is 6.13. The van der Waals surface area contributed by atoms with Gasteiger partial charge in [0.2, 0.25) is 0 Å². The van der Waals surface area contributed by atoms with Crippen LogP contribution in [0.2, 0.25) is 0 Å². The zero-order valence-corrected chi connectivity index (χ0v) is 10.4. The highest BCUT2D eigenvalue weighted by Crippen LogP contribution is 2.27. The first-order chi connectivity index (χ1) is 7.57. The second kappa shape index (κ2) is 5.02. The molecule has 94 valence electrons. The fourth-order valence-electron chi connectivity index (χ4n) is 2.72. The molecule has 0 spiro atoms. The van der Waals surface area contributed by atoms with Gasteiger partial charge >= 0.3 is 0 Å². The summed E-state index contributed by atoms with van der Waals surface area (Å²) in [6.45, 7) is 1.67. The maximum Gasteiger partial charge on any atom is 0.150 e. The van der Waals surface area contributed by atoms with Crippen molar-refractivity contribution < 1.29 is 13.2 Å². The molecular formula is C11H21NO3S. The topological polar surface area (TPSA) is 69.4 Å². The molecule has 4 nitrogen and oxygen atoms in total. The van der Waals surface area contributed by atoms with Crippen LogP contribution in [0.25, 0.3) is 0 Å². The number of ether oxygens (including phenoxy) is 1. The van der Waals surface area contributed by atoms with Crippen LogP contribution in [0.4, 0.5) is 0 Å². The van der Waals surface area contributed by atoms with Gasteiger partial charge in [0, 0.05) is 19.3 Å². The first-order valence-corrected chi connectivity index (χ1v) is 7.93. The molecule has 0 aromatic heterocycles. The summed E-state index contributed by atoms with van der Waals surface area (Å²) < 4.78 is 28.0. The van der Waals surface area contributed by atoms with E-state index in [9.17, 15) is 8.42 Å². The molecular weight excluding hydrogens is 226 g/mol. The Morgan fingerprint density at radius 3 is 2.50 bits per heavy atom. The van der Waals surface area contributed by atoms with Gasteiger partial charge in [0.1, 0.15) is 0 Å². The Balaban J connectivity index is 1.81. The van der Waals surface area contributed by atoms with Crippen LogP contribution in [0.5, 0.6) is 0 Å². The van der Waals surface area contributed by atoms with Gasteiger partial charge in [0.05, 0.1) is 11.5 Å². The summed E-state index contributed by atoms with van der Waals surface area (Å²) >= 11 is 0. The largest absolute Gasteiger partial charge is 0.381 e. The Kier molecular flexibility index (Phi) is 3.87. The van der Waals surface area contributed by atoms with Gasteiger partial charge in [-0.15, -0.1) is 0 Å². The number of hydrogen-bond acceptors (Lipinski definition) is 4. The van der Waals surface area contributed by atoms with Crippen molar-refractivity contribution in [3.63, 3.8) is 0 Å². The number of sulfone groups is 1. The smallest absolute Gasteiger partial charge is 0.150 e. The summed E-state index contributed by atoms with van der Waals surface area (Å²) in [5, 5.41) is 0. The molecule has 5 heteroatoms. The Labute approximate surface area is 97.5 Å². The minimum atomic E-state index is -2.79. The van der Waals surface area contributed by atoms with Crippen LogP contribution >= 0.6 is 0 Å². The molecule has 2 atom stereocenters. The monoisotopic (exact) mass is 247 g/mol. The van der Waals surface area contributed by atoms with E-state index in [2.05, 4.69) is 0 Å². The van der Waals surface area contributed by atoms with Crippen LogP contribution in [0.15, 0.2) is 0 Å². The van der Waals surface area contributed by atoms with Crippen LogP contribution in [0, 0.1) is 11.8 Å². The van der Waals surface area contributed by atoms with E-state index in [1.807, 2.05) is 0 Å². The van der Waals surface area contributed by atoms with E-state index in [1.54, 1.807) is 0 Å². The van der Waals surface area contributed by atoms with E-state index in [0.29, 0.717) is 17.4 Å². The Morgan fingerprint density at radius 2 is 1.94 bits per heavy atom. The van der Waals surface area contributed by atoms with E-state index in [4.69, 9.17) is 10.5 Å². The Morgan fingerprint density at radius 1 is 1.25 bits per heavy atom. The molecule has 2 aliphatic heterocycles. The normalized spacial score (nSPS) is 32.7. The first-order valence-electron chi connectivity index (χ1n) is 6.10. The molecule has 2 fully saturated rings. The SMILES string of the molecule is NC(CC1CCOCC1)C1CCS(=O)(=O)C1. The van der Waals surface area contributed by atoms with Gasteiger partial charge in [0.15, 0.2) is 9.84 Å². The Bertz CT molecular complexity index is 322. The maximum absolute atomic E-state index is 11.4. The molecule has 0 radical (unpaired) electrons. The molecule has 2 heterocycles. The van der Waals surface area contributed by atoms with Crippen molar-refractivity contribution in [2.24, 2.45) is 17.6 Å². The maximum atomic E-state index is 11.4. The van der Waals surface area contributed by atoms with Crippen molar-refractivity contribution in [2.45, 2.75) is 31.7 Å². The van der Waals surface area contributed by atoms with Crippen molar-refractivity contribution in [3.8, 4) is 0 Å². The molecule has 0 aromatic rings. The van der Waals surface area contributed by atoms with Crippen LogP contribution in [-0.2, 0) is 14.6 Å². The summed E-state index contributed by atoms with van der Waals surface area (Å²) in [6.07, 6.45) is 3.87. The highest BCUT2D eigenvalue weighted by Gasteiger charge is 2.33. The molecule has 0 aliphatic carbocycles. The standard InChI is InChI=1S/C11H21NO3S/c12-11(7-9-1-4-15-5-2-9)10-3-6-16(13,14)8-10/h9-11H,1-8,12H2. The molecule has 2 aliphatic rings. The number of nitrogens with two attached hydrogens (primary N) is 1. The summed E-state index contributed by atoms with van der Waals surface area (Å²) in [4.78, 5) is 0. The van der Waals surface area contributed by atoms with Gasteiger partial charge < -0.3 is 10.5 Å². The van der Waals surface area contributed by atoms with E-state index >= 15 is 0 Å². The van der Waals surface area contributed by atoms with E-state index in [1.165, 1.54) is 0 Å². The predicted molar refractivity (Wildman–Crippen MR) is 62.9 cm³/mol. The molecule has 0 aromatic carbocycles. The van der Waals surface area contributed by atoms with Crippen molar-refractivity contribution in [3.05, 3.63) is 0 Å². The van der Waals surface area contributed by atoms with Gasteiger partial charge in [-0.2, -0.15) is 0 Å². The fourth-order valence-corrected chi connectivity index (χ4v) is 4.62. The van der Waals surface area contributed by atoms with Crippen molar-refractivity contribution in [1.82, 2.24) is 0 Å². The molecule has 2 unspecified atom stereocenters. The van der Waals surface area contributed by atoms with E-state index in [-0.39, 0.29) is 12.0 Å². The summed E-state index contributed by atoms with van der Waals surface area (Å²) in [7, 11) is -2.79. The van der Waals surface area contributed by atoms with Crippen molar-refractivity contribution >= 4 is 9.84 Å². The quantitative estimate of drug-likeness (QED) is 0.791. The summed E-state index contributed by atoms with van der Waals surface area (Å²) in [6, 6.07) is 0.0559. The Hall–Kier alpha value is -0.130. The molecule has 2 saturated heterocycles. The lowest BCUT2D eigenvalue weighted by atomic mass is 9.87. The van der Waals surface area contributed by atoms with Gasteiger partial charge in [-0.25, -0.2) is 8.42 Å². The average Bonchev–Trinajstić information content (AvgIpc) is 2.60. The van der Waals surface area contributed by atoms with Crippen LogP contribution < -0.4 is 5.73 Å². The lowest BCUT2D eigenvalue weighted by molar-refractivity contribution is 0.0602. The number of hydrogen-bond donors (Lipinski definition) is 1. The van der Waals surface area contributed by atoms with Crippen molar-refractivity contribution in [2.75, 3.05) is 24.7 Å². The highest BCUT2D eigenvalue weighted by atomic mass is 32.2. The minimum absolute atomic E-state index is 0.0559. The highest BCUT2D eigenvalue weighted by molar-refractivity contribution is 7.91. The zero-order chi connectivity index (χ0) is 11.6. The van der Waals surface area contributed by atoms with E-state index in [0.717, 1.165) is 38.9 Å². The molecule has 16 heavy (non-hydrogen) atoms. The average molecular weight is 247 g/mol. The van der Waals surface area contributed by atoms with Gasteiger partial charge in [-0.3, -0.25) is 0 Å². The lowest BCUT2D eigenvalue weighted by Crippen LogP contribution is -2.34. The number of rotatable bonds is 3. The molecule has 0 saturated carbocycles. The molecule has 0 bridgehead atoms. The molecule has 2 N–H and O–H groups in total. The third-order valence-corrected chi connectivity index (χ3v) is 5.61. The third kappa shape index (κ3) is 3.18. The van der Waals surface area contributed by atoms with Crippen molar-refractivity contribution in [1.29, 1.82) is 0 Å². The van der Waals surface area contributed by atoms with E-state index < -0.39 is 9.84 Å². The fraction of sp³-hybridized carbons (Fsp3) is 1.00. The summed E-state index contributed by atoms with van der Waals surface area (Å²) in [5.74, 6) is 1.45. The van der Waals surface area contributed by atoms with Gasteiger partial charge in [0.25, 0.3) is 0 Å². The second-order valence-electron chi connectivity index (χ2n) is 5.12.